The fourth-order valence-electron chi connectivity index (χ4n) is 1.83. The zero-order valence-corrected chi connectivity index (χ0v) is 12.8. The van der Waals surface area contributed by atoms with Crippen molar-refractivity contribution < 1.29 is 9.59 Å². The van der Waals surface area contributed by atoms with Crippen molar-refractivity contribution >= 4 is 17.9 Å². The van der Waals surface area contributed by atoms with E-state index in [2.05, 4.69) is 11.9 Å². The van der Waals surface area contributed by atoms with Gasteiger partial charge < -0.3 is 10.2 Å². The monoisotopic (exact) mass is 286 g/mol. The highest BCUT2D eigenvalue weighted by molar-refractivity contribution is 5.94. The third-order valence-electron chi connectivity index (χ3n) is 2.97. The Kier molecular flexibility index (Phi) is 6.40. The van der Waals surface area contributed by atoms with Crippen LogP contribution in [0.4, 0.5) is 0 Å². The van der Waals surface area contributed by atoms with Crippen LogP contribution < -0.4 is 5.32 Å². The summed E-state index contributed by atoms with van der Waals surface area (Å²) in [6.07, 6.45) is 3.29. The third kappa shape index (κ3) is 5.26. The maximum atomic E-state index is 12.0. The number of carbonyl (C=O) groups excluding carboxylic acids is 2. The number of nitrogens with zero attached hydrogens (tertiary/aromatic N) is 1. The molecule has 0 aliphatic rings. The number of nitrogens with one attached hydrogen (secondary N) is 1. The Morgan fingerprint density at radius 1 is 1.29 bits per heavy atom. The molecule has 0 unspecified atom stereocenters. The average Bonchev–Trinajstić information content (AvgIpc) is 2.49. The van der Waals surface area contributed by atoms with Gasteiger partial charge in [0.05, 0.1) is 0 Å². The summed E-state index contributed by atoms with van der Waals surface area (Å²) in [4.78, 5) is 25.2. The number of likely N-dealkylation sites (N-methyl/N-ethyl adjacent to an activating group) is 1. The van der Waals surface area contributed by atoms with Crippen molar-refractivity contribution in [1.29, 1.82) is 0 Å². The molecule has 0 bridgehead atoms. The van der Waals surface area contributed by atoms with Crippen LogP contribution in [0.2, 0.25) is 0 Å². The fraction of sp³-hybridized carbons (Fsp3) is 0.294. The summed E-state index contributed by atoms with van der Waals surface area (Å²) in [6.45, 7) is 8.87. The Bertz CT molecular complexity index is 544. The molecular weight excluding hydrogens is 264 g/mol. The summed E-state index contributed by atoms with van der Waals surface area (Å²) in [7, 11) is 1.59. The first-order valence-corrected chi connectivity index (χ1v) is 6.91. The van der Waals surface area contributed by atoms with E-state index in [1.165, 1.54) is 0 Å². The van der Waals surface area contributed by atoms with E-state index in [1.807, 2.05) is 26.0 Å². The molecule has 0 spiro atoms. The Balaban J connectivity index is 2.73. The van der Waals surface area contributed by atoms with E-state index in [1.54, 1.807) is 36.2 Å². The van der Waals surface area contributed by atoms with Gasteiger partial charge in [0.25, 0.3) is 5.91 Å². The number of carbonyl (C=O) groups is 2. The molecule has 0 aliphatic carbocycles. The van der Waals surface area contributed by atoms with E-state index in [0.29, 0.717) is 18.7 Å². The van der Waals surface area contributed by atoms with Gasteiger partial charge in [-0.05, 0) is 37.6 Å². The first-order chi connectivity index (χ1) is 9.97. The molecule has 1 rings (SSSR count). The second kappa shape index (κ2) is 8.04. The molecule has 0 radical (unpaired) electrons. The second-order valence-electron chi connectivity index (χ2n) is 4.84. The normalized spacial score (nSPS) is 10.4. The van der Waals surface area contributed by atoms with Crippen LogP contribution in [0.3, 0.4) is 0 Å². The van der Waals surface area contributed by atoms with Gasteiger partial charge in [0.15, 0.2) is 0 Å². The lowest BCUT2D eigenvalue weighted by molar-refractivity contribution is -0.125. The standard InChI is InChI=1S/C17H22N2O2/c1-5-19(12-13(2)3)16(20)11-8-14-6-9-15(10-7-14)17(21)18-4/h6-11H,2,5,12H2,1,3-4H3,(H,18,21)/b11-8+. The van der Waals surface area contributed by atoms with Crippen LogP contribution in [-0.2, 0) is 4.79 Å². The van der Waals surface area contributed by atoms with Crippen LogP contribution in [0, 0.1) is 0 Å². The van der Waals surface area contributed by atoms with Crippen LogP contribution in [0.5, 0.6) is 0 Å². The van der Waals surface area contributed by atoms with E-state index in [9.17, 15) is 9.59 Å². The first kappa shape index (κ1) is 16.7. The molecule has 0 aliphatic heterocycles. The van der Waals surface area contributed by atoms with E-state index in [0.717, 1.165) is 11.1 Å². The summed E-state index contributed by atoms with van der Waals surface area (Å²) in [5.41, 5.74) is 2.43. The fourth-order valence-corrected chi connectivity index (χ4v) is 1.83. The highest BCUT2D eigenvalue weighted by atomic mass is 16.2. The number of amides is 2. The number of hydrogen-bond acceptors (Lipinski definition) is 2. The van der Waals surface area contributed by atoms with E-state index in [-0.39, 0.29) is 11.8 Å². The van der Waals surface area contributed by atoms with Crippen LogP contribution in [-0.4, -0.2) is 36.9 Å². The predicted octanol–water partition coefficient (Wildman–Crippen LogP) is 2.48. The first-order valence-electron chi connectivity index (χ1n) is 6.91. The SMILES string of the molecule is C=C(C)CN(CC)C(=O)/C=C/c1ccc(C(=O)NC)cc1. The molecule has 0 fully saturated rings. The Morgan fingerprint density at radius 3 is 2.38 bits per heavy atom. The van der Waals surface area contributed by atoms with Crippen molar-refractivity contribution in [2.75, 3.05) is 20.1 Å². The van der Waals surface area contributed by atoms with Crippen LogP contribution >= 0.6 is 0 Å². The lowest BCUT2D eigenvalue weighted by Gasteiger charge is -2.18. The Hall–Kier alpha value is -2.36. The highest BCUT2D eigenvalue weighted by Crippen LogP contribution is 2.07. The lowest BCUT2D eigenvalue weighted by atomic mass is 10.1. The molecule has 0 aromatic heterocycles. The van der Waals surface area contributed by atoms with Gasteiger partial charge in [0.2, 0.25) is 5.91 Å². The minimum atomic E-state index is -0.125. The third-order valence-corrected chi connectivity index (χ3v) is 2.97. The van der Waals surface area contributed by atoms with Gasteiger partial charge in [-0.3, -0.25) is 9.59 Å². The van der Waals surface area contributed by atoms with Gasteiger partial charge in [0.1, 0.15) is 0 Å². The summed E-state index contributed by atoms with van der Waals surface area (Å²) >= 11 is 0. The van der Waals surface area contributed by atoms with Gasteiger partial charge in [-0.2, -0.15) is 0 Å². The predicted molar refractivity (Wildman–Crippen MR) is 85.9 cm³/mol. The Morgan fingerprint density at radius 2 is 1.90 bits per heavy atom. The van der Waals surface area contributed by atoms with Gasteiger partial charge in [-0.25, -0.2) is 0 Å². The molecule has 1 aromatic carbocycles. The van der Waals surface area contributed by atoms with Crippen molar-refractivity contribution in [2.24, 2.45) is 0 Å². The van der Waals surface area contributed by atoms with Crippen molar-refractivity contribution in [2.45, 2.75) is 13.8 Å². The molecule has 112 valence electrons. The molecule has 0 heterocycles. The molecular formula is C17H22N2O2. The summed E-state index contributed by atoms with van der Waals surface area (Å²) in [5.74, 6) is -0.170. The number of hydrogen-bond donors (Lipinski definition) is 1. The largest absolute Gasteiger partial charge is 0.355 e. The molecule has 0 saturated carbocycles. The smallest absolute Gasteiger partial charge is 0.251 e. The van der Waals surface area contributed by atoms with Gasteiger partial charge in [-0.15, -0.1) is 0 Å². The second-order valence-corrected chi connectivity index (χ2v) is 4.84. The van der Waals surface area contributed by atoms with Crippen molar-refractivity contribution in [3.63, 3.8) is 0 Å². The molecule has 4 nitrogen and oxygen atoms in total. The molecule has 0 saturated heterocycles. The topological polar surface area (TPSA) is 49.4 Å². The zero-order valence-electron chi connectivity index (χ0n) is 12.8. The zero-order chi connectivity index (χ0) is 15.8. The molecule has 1 N–H and O–H groups in total. The van der Waals surface area contributed by atoms with Crippen LogP contribution in [0.25, 0.3) is 6.08 Å². The minimum Gasteiger partial charge on any atom is -0.355 e. The summed E-state index contributed by atoms with van der Waals surface area (Å²) in [5, 5.41) is 2.57. The lowest BCUT2D eigenvalue weighted by Crippen LogP contribution is -2.30. The summed E-state index contributed by atoms with van der Waals surface area (Å²) in [6, 6.07) is 7.08. The molecule has 0 atom stereocenters. The van der Waals surface area contributed by atoms with Gasteiger partial charge in [-0.1, -0.05) is 24.3 Å². The minimum absolute atomic E-state index is 0.0455. The summed E-state index contributed by atoms with van der Waals surface area (Å²) < 4.78 is 0. The van der Waals surface area contributed by atoms with Gasteiger partial charge >= 0.3 is 0 Å². The van der Waals surface area contributed by atoms with Crippen molar-refractivity contribution in [1.82, 2.24) is 10.2 Å². The quantitative estimate of drug-likeness (QED) is 0.645. The van der Waals surface area contributed by atoms with E-state index >= 15 is 0 Å². The van der Waals surface area contributed by atoms with Crippen molar-refractivity contribution in [3.05, 3.63) is 53.6 Å². The van der Waals surface area contributed by atoms with E-state index in [4.69, 9.17) is 0 Å². The van der Waals surface area contributed by atoms with Crippen LogP contribution in [0.1, 0.15) is 29.8 Å². The highest BCUT2D eigenvalue weighted by Gasteiger charge is 2.07. The number of rotatable bonds is 6. The molecule has 4 heteroatoms. The average molecular weight is 286 g/mol. The Labute approximate surface area is 126 Å². The van der Waals surface area contributed by atoms with E-state index < -0.39 is 0 Å². The van der Waals surface area contributed by atoms with Gasteiger partial charge in [0, 0.05) is 31.8 Å². The molecule has 21 heavy (non-hydrogen) atoms. The molecule has 2 amide bonds. The molecule has 1 aromatic rings. The van der Waals surface area contributed by atoms with Crippen LogP contribution in [0.15, 0.2) is 42.5 Å². The maximum Gasteiger partial charge on any atom is 0.251 e. The number of benzene rings is 1. The maximum absolute atomic E-state index is 12.0. The van der Waals surface area contributed by atoms with Crippen molar-refractivity contribution in [3.8, 4) is 0 Å².